The highest BCUT2D eigenvalue weighted by Crippen LogP contribution is 1.89. The summed E-state index contributed by atoms with van der Waals surface area (Å²) in [6, 6.07) is 0. The highest BCUT2D eigenvalue weighted by atomic mass is 16.6. The molecule has 0 fully saturated rings. The first-order valence-corrected chi connectivity index (χ1v) is 14.7. The molecular weight excluding hydrogens is 556 g/mol. The van der Waals surface area contributed by atoms with Crippen molar-refractivity contribution in [2.24, 2.45) is 0 Å². The molecule has 42 heavy (non-hydrogen) atoms. The topological polar surface area (TPSA) is 128 Å². The van der Waals surface area contributed by atoms with Gasteiger partial charge in [0.25, 0.3) is 0 Å². The summed E-state index contributed by atoms with van der Waals surface area (Å²) in [7, 11) is 0. The standard InChI is InChI=1S/C29H54O13/c1-2-6-31-8-10-33-12-14-35-16-18-37-20-22-39-24-26-41-28-29-42-27-25-40-23-21-38-19-17-36-15-13-34-11-9-32-7-4-3-5-30/h1,5H,3-4,6-29H2. The third-order valence-corrected chi connectivity index (χ3v) is 4.89. The van der Waals surface area contributed by atoms with Crippen LogP contribution in [0.5, 0.6) is 0 Å². The number of carbonyl (C=O) groups excluding carboxylic acids is 1. The molecule has 13 heteroatoms. The molecule has 0 aromatic carbocycles. The molecule has 248 valence electrons. The summed E-state index contributed by atoms with van der Waals surface area (Å²) in [6.45, 7) is 12.0. The van der Waals surface area contributed by atoms with Crippen LogP contribution in [0.3, 0.4) is 0 Å². The molecule has 0 saturated heterocycles. The van der Waals surface area contributed by atoms with Gasteiger partial charge in [0.1, 0.15) is 12.9 Å². The zero-order valence-corrected chi connectivity index (χ0v) is 25.3. The maximum Gasteiger partial charge on any atom is 0.120 e. The first kappa shape index (κ1) is 40.8. The van der Waals surface area contributed by atoms with Crippen molar-refractivity contribution in [3.63, 3.8) is 0 Å². The van der Waals surface area contributed by atoms with Gasteiger partial charge in [-0.25, -0.2) is 0 Å². The minimum Gasteiger partial charge on any atom is -0.379 e. The fraction of sp³-hybridized carbons (Fsp3) is 0.897. The van der Waals surface area contributed by atoms with Gasteiger partial charge in [-0.2, -0.15) is 0 Å². The van der Waals surface area contributed by atoms with E-state index in [1.54, 1.807) is 0 Å². The van der Waals surface area contributed by atoms with Crippen molar-refractivity contribution < 1.29 is 61.6 Å². The van der Waals surface area contributed by atoms with Gasteiger partial charge in [0.2, 0.25) is 0 Å². The van der Waals surface area contributed by atoms with E-state index < -0.39 is 0 Å². The smallest absolute Gasteiger partial charge is 0.120 e. The van der Waals surface area contributed by atoms with Gasteiger partial charge in [-0.05, 0) is 6.42 Å². The Morgan fingerprint density at radius 2 is 0.571 bits per heavy atom. The second kappa shape index (κ2) is 39.8. The Morgan fingerprint density at radius 1 is 0.357 bits per heavy atom. The van der Waals surface area contributed by atoms with Crippen LogP contribution in [0.4, 0.5) is 0 Å². The lowest BCUT2D eigenvalue weighted by atomic mass is 10.3. The van der Waals surface area contributed by atoms with E-state index in [0.29, 0.717) is 165 Å². The summed E-state index contributed by atoms with van der Waals surface area (Å²) in [6.07, 6.45) is 7.25. The average Bonchev–Trinajstić information content (AvgIpc) is 3.00. The van der Waals surface area contributed by atoms with Crippen LogP contribution in [0.25, 0.3) is 0 Å². The van der Waals surface area contributed by atoms with Crippen molar-refractivity contribution in [2.45, 2.75) is 12.8 Å². The molecule has 0 amide bonds. The van der Waals surface area contributed by atoms with E-state index in [2.05, 4.69) is 5.92 Å². The fourth-order valence-electron chi connectivity index (χ4n) is 2.82. The Morgan fingerprint density at radius 3 is 0.786 bits per heavy atom. The molecule has 0 aliphatic heterocycles. The Bertz CT molecular complexity index is 548. The lowest BCUT2D eigenvalue weighted by Crippen LogP contribution is -2.15. The van der Waals surface area contributed by atoms with Gasteiger partial charge in [0.15, 0.2) is 0 Å². The summed E-state index contributed by atoms with van der Waals surface area (Å²) in [5.74, 6) is 2.39. The van der Waals surface area contributed by atoms with Crippen LogP contribution in [0, 0.1) is 12.3 Å². The molecule has 0 unspecified atom stereocenters. The zero-order chi connectivity index (χ0) is 30.3. The number of ether oxygens (including phenoxy) is 12. The lowest BCUT2D eigenvalue weighted by molar-refractivity contribution is -0.108. The monoisotopic (exact) mass is 610 g/mol. The van der Waals surface area contributed by atoms with Crippen molar-refractivity contribution >= 4 is 6.29 Å². The van der Waals surface area contributed by atoms with Crippen LogP contribution >= 0.6 is 0 Å². The number of hydrogen-bond acceptors (Lipinski definition) is 13. The quantitative estimate of drug-likeness (QED) is 0.0556. The summed E-state index contributed by atoms with van der Waals surface area (Å²) < 4.78 is 64.6. The third kappa shape index (κ3) is 38.8. The van der Waals surface area contributed by atoms with Gasteiger partial charge in [-0.1, -0.05) is 5.92 Å². The van der Waals surface area contributed by atoms with Crippen LogP contribution in [-0.4, -0.2) is 165 Å². The molecule has 0 radical (unpaired) electrons. The number of unbranched alkanes of at least 4 members (excludes halogenated alkanes) is 1. The Kier molecular flexibility index (Phi) is 38.6. The summed E-state index contributed by atoms with van der Waals surface area (Å²) >= 11 is 0. The molecule has 0 aliphatic rings. The molecule has 0 bridgehead atoms. The van der Waals surface area contributed by atoms with E-state index in [1.165, 1.54) is 0 Å². The molecule has 0 N–H and O–H groups in total. The van der Waals surface area contributed by atoms with Gasteiger partial charge in [-0.3, -0.25) is 0 Å². The van der Waals surface area contributed by atoms with Gasteiger partial charge in [-0.15, -0.1) is 6.42 Å². The number of terminal acetylenes is 1. The average molecular weight is 611 g/mol. The van der Waals surface area contributed by atoms with E-state index in [4.69, 9.17) is 63.3 Å². The van der Waals surface area contributed by atoms with E-state index in [9.17, 15) is 4.79 Å². The van der Waals surface area contributed by atoms with Crippen LogP contribution in [0.15, 0.2) is 0 Å². The molecule has 0 aliphatic carbocycles. The third-order valence-electron chi connectivity index (χ3n) is 4.89. The van der Waals surface area contributed by atoms with Gasteiger partial charge in [0, 0.05) is 13.0 Å². The molecule has 0 rings (SSSR count). The normalized spacial score (nSPS) is 11.2. The second-order valence-electron chi connectivity index (χ2n) is 8.30. The lowest BCUT2D eigenvalue weighted by Gasteiger charge is -2.09. The van der Waals surface area contributed by atoms with Crippen LogP contribution in [0.1, 0.15) is 12.8 Å². The summed E-state index contributed by atoms with van der Waals surface area (Å²) in [5.41, 5.74) is 0. The summed E-state index contributed by atoms with van der Waals surface area (Å²) in [5, 5.41) is 0. The maximum atomic E-state index is 10.2. The molecule has 0 aromatic heterocycles. The highest BCUT2D eigenvalue weighted by molar-refractivity contribution is 5.48. The maximum absolute atomic E-state index is 10.2. The zero-order valence-electron chi connectivity index (χ0n) is 25.3. The minimum absolute atomic E-state index is 0.306. The second-order valence-corrected chi connectivity index (χ2v) is 8.30. The first-order chi connectivity index (χ1) is 20.9. The predicted molar refractivity (Wildman–Crippen MR) is 154 cm³/mol. The molecule has 13 nitrogen and oxygen atoms in total. The number of aldehydes is 1. The molecule has 0 aromatic rings. The number of hydrogen-bond donors (Lipinski definition) is 0. The Hall–Kier alpha value is -1.25. The predicted octanol–water partition coefficient (Wildman–Crippen LogP) is 0.798. The van der Waals surface area contributed by atoms with Crippen molar-refractivity contribution in [3.8, 4) is 12.3 Å². The largest absolute Gasteiger partial charge is 0.379 e. The van der Waals surface area contributed by atoms with E-state index in [1.807, 2.05) is 0 Å². The van der Waals surface area contributed by atoms with Crippen LogP contribution in [-0.2, 0) is 61.6 Å². The van der Waals surface area contributed by atoms with Crippen molar-refractivity contribution in [2.75, 3.05) is 159 Å². The fourth-order valence-corrected chi connectivity index (χ4v) is 2.82. The van der Waals surface area contributed by atoms with Crippen molar-refractivity contribution in [3.05, 3.63) is 0 Å². The van der Waals surface area contributed by atoms with Gasteiger partial charge < -0.3 is 61.6 Å². The van der Waals surface area contributed by atoms with E-state index in [-0.39, 0.29) is 0 Å². The van der Waals surface area contributed by atoms with Crippen molar-refractivity contribution in [1.82, 2.24) is 0 Å². The molecule has 0 saturated carbocycles. The van der Waals surface area contributed by atoms with Crippen molar-refractivity contribution in [1.29, 1.82) is 0 Å². The molecular formula is C29H54O13. The number of rotatable bonds is 38. The molecule has 0 spiro atoms. The first-order valence-electron chi connectivity index (χ1n) is 14.7. The number of carbonyl (C=O) groups is 1. The highest BCUT2D eigenvalue weighted by Gasteiger charge is 1.96. The Balaban J connectivity index is 3.03. The Labute approximate surface area is 251 Å². The molecule has 0 heterocycles. The van der Waals surface area contributed by atoms with Gasteiger partial charge >= 0.3 is 0 Å². The van der Waals surface area contributed by atoms with E-state index in [0.717, 1.165) is 12.7 Å². The van der Waals surface area contributed by atoms with Crippen LogP contribution in [0.2, 0.25) is 0 Å². The molecule has 0 atom stereocenters. The van der Waals surface area contributed by atoms with E-state index >= 15 is 0 Å². The minimum atomic E-state index is 0.306. The van der Waals surface area contributed by atoms with Gasteiger partial charge in [0.05, 0.1) is 145 Å². The SMILES string of the molecule is C#CCOCCOCCOCCOCCOCCOCCOCCOCCOCCOCCOCCOCCCC=O. The van der Waals surface area contributed by atoms with Crippen LogP contribution < -0.4 is 0 Å². The summed E-state index contributed by atoms with van der Waals surface area (Å²) in [4.78, 5) is 10.2.